The van der Waals surface area contributed by atoms with E-state index in [0.29, 0.717) is 10.6 Å². The molecular weight excluding hydrogens is 214 g/mol. The lowest BCUT2D eigenvalue weighted by Crippen LogP contribution is -2.13. The second kappa shape index (κ2) is 2.91. The SMILES string of the molecule is Cc1nnn2c(C(F)(F)F)cc(F)cc12. The fourth-order valence-corrected chi connectivity index (χ4v) is 1.27. The van der Waals surface area contributed by atoms with Crippen molar-refractivity contribution in [3.63, 3.8) is 0 Å². The van der Waals surface area contributed by atoms with Crippen molar-refractivity contribution in [1.82, 2.24) is 14.8 Å². The molecule has 0 bridgehead atoms. The van der Waals surface area contributed by atoms with Gasteiger partial charge < -0.3 is 0 Å². The third-order valence-corrected chi connectivity index (χ3v) is 1.95. The minimum atomic E-state index is -4.65. The molecule has 2 aromatic heterocycles. The van der Waals surface area contributed by atoms with Crippen LogP contribution in [-0.2, 0) is 6.18 Å². The Hall–Kier alpha value is -1.66. The largest absolute Gasteiger partial charge is 0.433 e. The zero-order valence-corrected chi connectivity index (χ0v) is 7.51. The molecule has 0 atom stereocenters. The Morgan fingerprint density at radius 1 is 1.27 bits per heavy atom. The van der Waals surface area contributed by atoms with E-state index in [1.54, 1.807) is 0 Å². The molecule has 2 heterocycles. The quantitative estimate of drug-likeness (QED) is 0.636. The molecule has 80 valence electrons. The summed E-state index contributed by atoms with van der Waals surface area (Å²) in [4.78, 5) is 0. The van der Waals surface area contributed by atoms with Crippen LogP contribution in [0.2, 0.25) is 0 Å². The molecule has 0 spiro atoms. The Morgan fingerprint density at radius 2 is 1.93 bits per heavy atom. The van der Waals surface area contributed by atoms with Gasteiger partial charge in [-0.15, -0.1) is 5.10 Å². The number of hydrogen-bond acceptors (Lipinski definition) is 2. The summed E-state index contributed by atoms with van der Waals surface area (Å²) in [7, 11) is 0. The van der Waals surface area contributed by atoms with Crippen LogP contribution < -0.4 is 0 Å². The molecule has 0 fully saturated rings. The summed E-state index contributed by atoms with van der Waals surface area (Å²) < 4.78 is 50.9. The van der Waals surface area contributed by atoms with Gasteiger partial charge in [-0.3, -0.25) is 0 Å². The number of pyridine rings is 1. The Balaban J connectivity index is 2.84. The van der Waals surface area contributed by atoms with Crippen molar-refractivity contribution in [3.8, 4) is 0 Å². The van der Waals surface area contributed by atoms with Crippen LogP contribution in [0.1, 0.15) is 11.4 Å². The molecule has 15 heavy (non-hydrogen) atoms. The van der Waals surface area contributed by atoms with Crippen LogP contribution in [0.5, 0.6) is 0 Å². The molecule has 0 aliphatic rings. The molecule has 0 saturated carbocycles. The molecule has 2 rings (SSSR count). The molecule has 0 aromatic carbocycles. The van der Waals surface area contributed by atoms with Gasteiger partial charge in [0.25, 0.3) is 0 Å². The van der Waals surface area contributed by atoms with Gasteiger partial charge in [0.05, 0.1) is 11.2 Å². The molecule has 0 saturated heterocycles. The molecule has 3 nitrogen and oxygen atoms in total. The van der Waals surface area contributed by atoms with Crippen molar-refractivity contribution in [2.75, 3.05) is 0 Å². The van der Waals surface area contributed by atoms with Crippen LogP contribution in [0, 0.1) is 12.7 Å². The van der Waals surface area contributed by atoms with E-state index in [2.05, 4.69) is 10.3 Å². The number of aromatic nitrogens is 3. The normalized spacial score (nSPS) is 12.3. The molecule has 0 amide bonds. The van der Waals surface area contributed by atoms with Crippen molar-refractivity contribution in [2.24, 2.45) is 0 Å². The summed E-state index contributed by atoms with van der Waals surface area (Å²) in [6, 6.07) is 1.35. The molecule has 0 N–H and O–H groups in total. The first-order valence-corrected chi connectivity index (χ1v) is 3.98. The lowest BCUT2D eigenvalue weighted by atomic mass is 10.3. The zero-order valence-electron chi connectivity index (χ0n) is 7.51. The molecule has 0 unspecified atom stereocenters. The van der Waals surface area contributed by atoms with Gasteiger partial charge in [-0.25, -0.2) is 8.91 Å². The third kappa shape index (κ3) is 1.53. The van der Waals surface area contributed by atoms with Gasteiger partial charge in [0.1, 0.15) is 5.82 Å². The maximum atomic E-state index is 12.9. The van der Waals surface area contributed by atoms with Crippen molar-refractivity contribution < 1.29 is 17.6 Å². The summed E-state index contributed by atoms with van der Waals surface area (Å²) in [6.07, 6.45) is -4.65. The monoisotopic (exact) mass is 219 g/mol. The molecule has 7 heteroatoms. The molecule has 0 aliphatic carbocycles. The lowest BCUT2D eigenvalue weighted by molar-refractivity contribution is -0.142. The van der Waals surface area contributed by atoms with Gasteiger partial charge in [0.2, 0.25) is 0 Å². The molecule has 0 radical (unpaired) electrons. The highest BCUT2D eigenvalue weighted by atomic mass is 19.4. The van der Waals surface area contributed by atoms with Crippen LogP contribution in [-0.4, -0.2) is 14.8 Å². The van der Waals surface area contributed by atoms with E-state index in [1.165, 1.54) is 6.92 Å². The van der Waals surface area contributed by atoms with Crippen molar-refractivity contribution in [2.45, 2.75) is 13.1 Å². The smallest absolute Gasteiger partial charge is 0.208 e. The first-order valence-electron chi connectivity index (χ1n) is 3.98. The van der Waals surface area contributed by atoms with Crippen LogP contribution in [0.3, 0.4) is 0 Å². The zero-order chi connectivity index (χ0) is 11.2. The highest BCUT2D eigenvalue weighted by Crippen LogP contribution is 2.30. The van der Waals surface area contributed by atoms with Crippen molar-refractivity contribution in [1.29, 1.82) is 0 Å². The number of halogens is 4. The second-order valence-electron chi connectivity index (χ2n) is 3.03. The van der Waals surface area contributed by atoms with E-state index in [0.717, 1.165) is 6.07 Å². The third-order valence-electron chi connectivity index (χ3n) is 1.95. The van der Waals surface area contributed by atoms with Gasteiger partial charge in [-0.1, -0.05) is 5.21 Å². The van der Waals surface area contributed by atoms with Crippen LogP contribution in [0.25, 0.3) is 5.52 Å². The van der Waals surface area contributed by atoms with Gasteiger partial charge >= 0.3 is 6.18 Å². The van der Waals surface area contributed by atoms with Crippen LogP contribution in [0.15, 0.2) is 12.1 Å². The van der Waals surface area contributed by atoms with E-state index in [-0.39, 0.29) is 11.2 Å². The van der Waals surface area contributed by atoms with E-state index in [9.17, 15) is 17.6 Å². The average Bonchev–Trinajstić information content (AvgIpc) is 2.45. The van der Waals surface area contributed by atoms with E-state index < -0.39 is 17.7 Å². The Morgan fingerprint density at radius 3 is 2.53 bits per heavy atom. The summed E-state index contributed by atoms with van der Waals surface area (Å²) in [6.45, 7) is 1.46. The number of fused-ring (bicyclic) bond motifs is 1. The summed E-state index contributed by atoms with van der Waals surface area (Å²) in [5, 5.41) is 6.76. The highest BCUT2D eigenvalue weighted by molar-refractivity contribution is 5.51. The number of alkyl halides is 3. The highest BCUT2D eigenvalue weighted by Gasteiger charge is 2.35. The maximum Gasteiger partial charge on any atom is 0.433 e. The van der Waals surface area contributed by atoms with E-state index >= 15 is 0 Å². The summed E-state index contributed by atoms with van der Waals surface area (Å²) >= 11 is 0. The fraction of sp³-hybridized carbons (Fsp3) is 0.250. The summed E-state index contributed by atoms with van der Waals surface area (Å²) in [5.41, 5.74) is -0.902. The summed E-state index contributed by atoms with van der Waals surface area (Å²) in [5.74, 6) is -0.958. The Labute approximate surface area is 81.3 Å². The number of aryl methyl sites for hydroxylation is 1. The first kappa shape index (κ1) is 9.88. The lowest BCUT2D eigenvalue weighted by Gasteiger charge is -2.08. The van der Waals surface area contributed by atoms with Crippen LogP contribution in [0.4, 0.5) is 17.6 Å². The van der Waals surface area contributed by atoms with Crippen molar-refractivity contribution in [3.05, 3.63) is 29.3 Å². The van der Waals surface area contributed by atoms with E-state index in [4.69, 9.17) is 0 Å². The minimum absolute atomic E-state index is 0.0160. The van der Waals surface area contributed by atoms with E-state index in [1.807, 2.05) is 0 Å². The Bertz CT molecular complexity index is 514. The standard InChI is InChI=1S/C8H5F4N3/c1-4-6-2-5(9)3-7(8(10,11)12)15(6)14-13-4/h2-3H,1H3. The minimum Gasteiger partial charge on any atom is -0.208 e. The topological polar surface area (TPSA) is 30.2 Å². The number of nitrogens with zero attached hydrogens (tertiary/aromatic N) is 3. The first-order chi connectivity index (χ1) is 6.89. The van der Waals surface area contributed by atoms with Gasteiger partial charge in [0, 0.05) is 12.1 Å². The average molecular weight is 219 g/mol. The van der Waals surface area contributed by atoms with Crippen molar-refractivity contribution >= 4 is 5.52 Å². The molecular formula is C8H5F4N3. The Kier molecular flexibility index (Phi) is 1.92. The van der Waals surface area contributed by atoms with Gasteiger partial charge in [0.15, 0.2) is 5.69 Å². The predicted octanol–water partition coefficient (Wildman–Crippen LogP) is 2.20. The molecule has 0 aliphatic heterocycles. The van der Waals surface area contributed by atoms with Crippen LogP contribution >= 0.6 is 0 Å². The number of rotatable bonds is 0. The maximum absolute atomic E-state index is 12.9. The van der Waals surface area contributed by atoms with Gasteiger partial charge in [-0.2, -0.15) is 13.2 Å². The van der Waals surface area contributed by atoms with Gasteiger partial charge in [-0.05, 0) is 6.92 Å². The predicted molar refractivity (Wildman–Crippen MR) is 42.7 cm³/mol. The molecule has 2 aromatic rings. The second-order valence-corrected chi connectivity index (χ2v) is 3.03. The fourth-order valence-electron chi connectivity index (χ4n) is 1.27. The number of hydrogen-bond donors (Lipinski definition) is 0.